The molecular formula is C20H26N6O2. The number of ether oxygens (including phenoxy) is 1. The first-order valence-corrected chi connectivity index (χ1v) is 9.52. The van der Waals surface area contributed by atoms with Crippen LogP contribution in [0.15, 0.2) is 36.4 Å². The topological polar surface area (TPSA) is 93.4 Å². The molecule has 0 aliphatic heterocycles. The fraction of sp³-hybridized carbons (Fsp3) is 0.400. The molecule has 148 valence electrons. The third-order valence-corrected chi connectivity index (χ3v) is 4.18. The van der Waals surface area contributed by atoms with Crippen LogP contribution in [0.2, 0.25) is 0 Å². The van der Waals surface area contributed by atoms with Crippen LogP contribution in [-0.4, -0.2) is 38.9 Å². The Balaban J connectivity index is 1.82. The summed E-state index contributed by atoms with van der Waals surface area (Å²) in [6.45, 7) is 7.38. The minimum Gasteiger partial charge on any atom is -0.466 e. The Kier molecular flexibility index (Phi) is 6.41. The number of nitrogens with one attached hydrogen (secondary N) is 2. The number of hydrogen-bond acceptors (Lipinski definition) is 7. The highest BCUT2D eigenvalue weighted by Crippen LogP contribution is 2.22. The third-order valence-electron chi connectivity index (χ3n) is 4.18. The normalized spacial score (nSPS) is 11.0. The number of aromatic nitrogens is 4. The molecule has 0 atom stereocenters. The van der Waals surface area contributed by atoms with Crippen LogP contribution in [-0.2, 0) is 16.1 Å². The van der Waals surface area contributed by atoms with Crippen LogP contribution < -0.4 is 10.6 Å². The molecular weight excluding hydrogens is 356 g/mol. The monoisotopic (exact) mass is 382 g/mol. The zero-order chi connectivity index (χ0) is 19.9. The first kappa shape index (κ1) is 19.6. The molecule has 2 aromatic heterocycles. The molecule has 0 bridgehead atoms. The zero-order valence-corrected chi connectivity index (χ0v) is 16.5. The van der Waals surface area contributed by atoms with Crippen molar-refractivity contribution in [2.45, 2.75) is 39.7 Å². The largest absolute Gasteiger partial charge is 0.466 e. The van der Waals surface area contributed by atoms with Gasteiger partial charge in [-0.1, -0.05) is 44.2 Å². The Morgan fingerprint density at radius 2 is 1.96 bits per heavy atom. The number of anilines is 2. The quantitative estimate of drug-likeness (QED) is 0.549. The van der Waals surface area contributed by atoms with Gasteiger partial charge in [-0.25, -0.2) is 0 Å². The minimum atomic E-state index is -0.231. The standard InChI is InChI=1S/C20H26N6O2/c1-4-28-18(27)10-11-21-17-12-16(22-13-15-8-6-5-7-9-15)20-24-23-19(14(2)3)26(20)25-17/h5-9,12,14,22H,4,10-11,13H2,1-3H3,(H,21,25). The fourth-order valence-corrected chi connectivity index (χ4v) is 2.79. The molecule has 0 amide bonds. The van der Waals surface area contributed by atoms with Crippen molar-refractivity contribution in [3.05, 3.63) is 47.8 Å². The number of fused-ring (bicyclic) bond motifs is 1. The first-order chi connectivity index (χ1) is 13.6. The number of carbonyl (C=O) groups is 1. The summed E-state index contributed by atoms with van der Waals surface area (Å²) in [6, 6.07) is 12.0. The Morgan fingerprint density at radius 3 is 2.68 bits per heavy atom. The second-order valence-electron chi connectivity index (χ2n) is 6.71. The van der Waals surface area contributed by atoms with Crippen LogP contribution in [0.1, 0.15) is 44.5 Å². The van der Waals surface area contributed by atoms with Crippen molar-refractivity contribution >= 4 is 23.1 Å². The van der Waals surface area contributed by atoms with Crippen molar-refractivity contribution in [2.24, 2.45) is 0 Å². The maximum absolute atomic E-state index is 11.6. The van der Waals surface area contributed by atoms with Crippen LogP contribution in [0.4, 0.5) is 11.5 Å². The Labute approximate surface area is 164 Å². The van der Waals surface area contributed by atoms with Crippen molar-refractivity contribution in [2.75, 3.05) is 23.8 Å². The van der Waals surface area contributed by atoms with Crippen LogP contribution >= 0.6 is 0 Å². The van der Waals surface area contributed by atoms with E-state index in [2.05, 4.69) is 51.9 Å². The average molecular weight is 382 g/mol. The number of rotatable bonds is 9. The summed E-state index contributed by atoms with van der Waals surface area (Å²) in [5.74, 6) is 1.38. The lowest BCUT2D eigenvalue weighted by Crippen LogP contribution is -2.14. The van der Waals surface area contributed by atoms with Gasteiger partial charge in [-0.05, 0) is 12.5 Å². The van der Waals surface area contributed by atoms with Crippen LogP contribution in [0.3, 0.4) is 0 Å². The molecule has 3 aromatic rings. The summed E-state index contributed by atoms with van der Waals surface area (Å²) >= 11 is 0. The lowest BCUT2D eigenvalue weighted by Gasteiger charge is -2.12. The summed E-state index contributed by atoms with van der Waals surface area (Å²) < 4.78 is 6.72. The number of nitrogens with zero attached hydrogens (tertiary/aromatic N) is 4. The van der Waals surface area contributed by atoms with Gasteiger partial charge in [0.15, 0.2) is 5.82 Å². The highest BCUT2D eigenvalue weighted by atomic mass is 16.5. The molecule has 0 aliphatic rings. The Hall–Kier alpha value is -3.16. The summed E-state index contributed by atoms with van der Waals surface area (Å²) in [5, 5.41) is 19.8. The van der Waals surface area contributed by atoms with E-state index in [9.17, 15) is 4.79 Å². The van der Waals surface area contributed by atoms with Gasteiger partial charge in [-0.3, -0.25) is 4.79 Å². The van der Waals surface area contributed by atoms with Gasteiger partial charge in [0, 0.05) is 25.1 Å². The summed E-state index contributed by atoms with van der Waals surface area (Å²) in [7, 11) is 0. The summed E-state index contributed by atoms with van der Waals surface area (Å²) in [5.41, 5.74) is 2.67. The predicted octanol–water partition coefficient (Wildman–Crippen LogP) is 3.22. The molecule has 2 heterocycles. The minimum absolute atomic E-state index is 0.180. The Bertz CT molecular complexity index is 923. The molecule has 8 heteroatoms. The van der Waals surface area contributed by atoms with Gasteiger partial charge >= 0.3 is 5.97 Å². The number of esters is 1. The molecule has 3 rings (SSSR count). The fourth-order valence-electron chi connectivity index (χ4n) is 2.79. The Morgan fingerprint density at radius 1 is 1.18 bits per heavy atom. The highest BCUT2D eigenvalue weighted by molar-refractivity contribution is 5.71. The second kappa shape index (κ2) is 9.16. The number of benzene rings is 1. The van der Waals surface area contributed by atoms with Crippen LogP contribution in [0.25, 0.3) is 5.65 Å². The van der Waals surface area contributed by atoms with E-state index in [0.29, 0.717) is 31.2 Å². The van der Waals surface area contributed by atoms with Crippen molar-refractivity contribution in [3.8, 4) is 0 Å². The molecule has 0 aliphatic carbocycles. The van der Waals surface area contributed by atoms with Crippen molar-refractivity contribution < 1.29 is 9.53 Å². The maximum Gasteiger partial charge on any atom is 0.307 e. The SMILES string of the molecule is CCOC(=O)CCNc1cc(NCc2ccccc2)c2nnc(C(C)C)n2n1. The number of hydrogen-bond donors (Lipinski definition) is 2. The molecule has 1 aromatic carbocycles. The van der Waals surface area contributed by atoms with Crippen molar-refractivity contribution in [1.29, 1.82) is 0 Å². The molecule has 8 nitrogen and oxygen atoms in total. The molecule has 0 radical (unpaired) electrons. The molecule has 0 saturated heterocycles. The van der Waals surface area contributed by atoms with Gasteiger partial charge in [0.25, 0.3) is 0 Å². The van der Waals surface area contributed by atoms with Gasteiger partial charge in [0.1, 0.15) is 5.82 Å². The average Bonchev–Trinajstić information content (AvgIpc) is 3.11. The third kappa shape index (κ3) is 4.76. The van der Waals surface area contributed by atoms with Gasteiger partial charge in [-0.2, -0.15) is 4.52 Å². The van der Waals surface area contributed by atoms with Crippen molar-refractivity contribution in [3.63, 3.8) is 0 Å². The molecule has 28 heavy (non-hydrogen) atoms. The van der Waals surface area contributed by atoms with E-state index in [0.717, 1.165) is 17.1 Å². The van der Waals surface area contributed by atoms with Gasteiger partial charge in [-0.15, -0.1) is 15.3 Å². The van der Waals surface area contributed by atoms with E-state index in [4.69, 9.17) is 4.74 Å². The zero-order valence-electron chi connectivity index (χ0n) is 16.5. The van der Waals surface area contributed by atoms with E-state index in [1.165, 1.54) is 0 Å². The lowest BCUT2D eigenvalue weighted by atomic mass is 10.2. The summed E-state index contributed by atoms with van der Waals surface area (Å²) in [4.78, 5) is 11.6. The van der Waals surface area contributed by atoms with E-state index >= 15 is 0 Å². The van der Waals surface area contributed by atoms with E-state index < -0.39 is 0 Å². The number of carbonyl (C=O) groups excluding carboxylic acids is 1. The predicted molar refractivity (Wildman–Crippen MR) is 108 cm³/mol. The smallest absolute Gasteiger partial charge is 0.307 e. The van der Waals surface area contributed by atoms with Gasteiger partial charge in [0.05, 0.1) is 18.7 Å². The van der Waals surface area contributed by atoms with Crippen molar-refractivity contribution in [1.82, 2.24) is 19.8 Å². The highest BCUT2D eigenvalue weighted by Gasteiger charge is 2.15. The molecule has 0 spiro atoms. The van der Waals surface area contributed by atoms with E-state index in [-0.39, 0.29) is 18.3 Å². The lowest BCUT2D eigenvalue weighted by molar-refractivity contribution is -0.142. The van der Waals surface area contributed by atoms with Crippen LogP contribution in [0, 0.1) is 0 Å². The molecule has 0 saturated carbocycles. The molecule has 0 unspecified atom stereocenters. The van der Waals surface area contributed by atoms with Gasteiger partial charge < -0.3 is 15.4 Å². The van der Waals surface area contributed by atoms with Crippen LogP contribution in [0.5, 0.6) is 0 Å². The first-order valence-electron chi connectivity index (χ1n) is 9.52. The molecule has 0 fully saturated rings. The van der Waals surface area contributed by atoms with Gasteiger partial charge in [0.2, 0.25) is 5.65 Å². The van der Waals surface area contributed by atoms with E-state index in [1.54, 1.807) is 11.4 Å². The summed E-state index contributed by atoms with van der Waals surface area (Å²) in [6.07, 6.45) is 0.277. The second-order valence-corrected chi connectivity index (χ2v) is 6.71. The molecule has 2 N–H and O–H groups in total. The van der Waals surface area contributed by atoms with E-state index in [1.807, 2.05) is 24.3 Å². The maximum atomic E-state index is 11.6.